The number of carbonyl (C=O) groups excluding carboxylic acids is 1. The average molecular weight is 344 g/mol. The second kappa shape index (κ2) is 6.54. The summed E-state index contributed by atoms with van der Waals surface area (Å²) in [6, 6.07) is 16.2. The van der Waals surface area contributed by atoms with Crippen LogP contribution in [0.1, 0.15) is 27.9 Å². The number of ketones is 1. The Balaban J connectivity index is 1.70. The molecule has 2 nitrogen and oxygen atoms in total. The van der Waals surface area contributed by atoms with Crippen molar-refractivity contribution in [3.8, 4) is 0 Å². The molecule has 0 fully saturated rings. The Kier molecular flexibility index (Phi) is 4.51. The van der Waals surface area contributed by atoms with Crippen molar-refractivity contribution in [3.05, 3.63) is 69.7 Å². The summed E-state index contributed by atoms with van der Waals surface area (Å²) in [6.45, 7) is 2.35. The van der Waals surface area contributed by atoms with Crippen LogP contribution in [0, 0.1) is 0 Å². The second-order valence-electron chi connectivity index (χ2n) is 5.51. The van der Waals surface area contributed by atoms with Crippen molar-refractivity contribution < 1.29 is 4.79 Å². The lowest BCUT2D eigenvalue weighted by molar-refractivity contribution is 0.0927. The molecule has 3 rings (SSSR count). The third kappa shape index (κ3) is 3.60. The van der Waals surface area contributed by atoms with Crippen LogP contribution in [-0.2, 0) is 13.0 Å². The number of carbonyl (C=O) groups is 1. The van der Waals surface area contributed by atoms with Crippen LogP contribution < -0.4 is 0 Å². The first-order valence-electron chi connectivity index (χ1n) is 7.30. The number of Topliss-reactive ketones (excluding diaryl/α,β-unsaturated/α-hetero) is 1. The highest BCUT2D eigenvalue weighted by molar-refractivity contribution is 9.10. The third-order valence-electron chi connectivity index (χ3n) is 3.97. The molecule has 0 saturated heterocycles. The van der Waals surface area contributed by atoms with E-state index in [0.29, 0.717) is 6.54 Å². The molecule has 0 N–H and O–H groups in total. The molecule has 0 radical (unpaired) electrons. The van der Waals surface area contributed by atoms with Gasteiger partial charge in [-0.25, -0.2) is 0 Å². The first kappa shape index (κ1) is 14.5. The van der Waals surface area contributed by atoms with E-state index in [1.54, 1.807) is 0 Å². The Morgan fingerprint density at radius 2 is 1.76 bits per heavy atom. The lowest BCUT2D eigenvalue weighted by atomic mass is 10.0. The van der Waals surface area contributed by atoms with E-state index in [2.05, 4.69) is 45.1 Å². The van der Waals surface area contributed by atoms with E-state index < -0.39 is 0 Å². The Bertz CT molecular complexity index is 636. The molecule has 21 heavy (non-hydrogen) atoms. The molecular weight excluding hydrogens is 326 g/mol. The van der Waals surface area contributed by atoms with Crippen LogP contribution in [0.5, 0.6) is 0 Å². The van der Waals surface area contributed by atoms with E-state index in [1.807, 2.05) is 24.3 Å². The number of hydrogen-bond acceptors (Lipinski definition) is 2. The van der Waals surface area contributed by atoms with Crippen molar-refractivity contribution in [2.45, 2.75) is 19.4 Å². The number of nitrogens with zero attached hydrogens (tertiary/aromatic N) is 1. The minimum atomic E-state index is 0.196. The van der Waals surface area contributed by atoms with Crippen molar-refractivity contribution >= 4 is 21.7 Å². The van der Waals surface area contributed by atoms with Gasteiger partial charge in [-0.15, -0.1) is 0 Å². The SMILES string of the molecule is O=C(CN1CCCc2ccccc2C1)c1ccc(Br)cc1. The molecule has 0 atom stereocenters. The highest BCUT2D eigenvalue weighted by Gasteiger charge is 2.17. The fraction of sp³-hybridized carbons (Fsp3) is 0.278. The standard InChI is InChI=1S/C18H18BrNO/c19-17-9-7-15(8-10-17)18(21)13-20-11-3-6-14-4-1-2-5-16(14)12-20/h1-2,4-5,7-10H,3,6,11-13H2. The van der Waals surface area contributed by atoms with Crippen LogP contribution in [0.2, 0.25) is 0 Å². The van der Waals surface area contributed by atoms with Gasteiger partial charge >= 0.3 is 0 Å². The smallest absolute Gasteiger partial charge is 0.176 e. The third-order valence-corrected chi connectivity index (χ3v) is 4.49. The Morgan fingerprint density at radius 3 is 2.52 bits per heavy atom. The molecule has 1 heterocycles. The molecule has 2 aromatic carbocycles. The van der Waals surface area contributed by atoms with Crippen LogP contribution in [0.3, 0.4) is 0 Å². The van der Waals surface area contributed by atoms with E-state index in [-0.39, 0.29) is 5.78 Å². The fourth-order valence-electron chi connectivity index (χ4n) is 2.83. The molecule has 0 unspecified atom stereocenters. The van der Waals surface area contributed by atoms with Crippen LogP contribution in [0.4, 0.5) is 0 Å². The number of rotatable bonds is 3. The molecular formula is C18H18BrNO. The van der Waals surface area contributed by atoms with Gasteiger partial charge in [0, 0.05) is 16.6 Å². The van der Waals surface area contributed by atoms with Gasteiger partial charge in [-0.1, -0.05) is 52.3 Å². The topological polar surface area (TPSA) is 20.3 Å². The van der Waals surface area contributed by atoms with Gasteiger partial charge in [-0.3, -0.25) is 9.69 Å². The highest BCUT2D eigenvalue weighted by Crippen LogP contribution is 2.19. The average Bonchev–Trinajstić information content (AvgIpc) is 2.69. The maximum Gasteiger partial charge on any atom is 0.176 e. The predicted molar refractivity (Wildman–Crippen MR) is 88.5 cm³/mol. The van der Waals surface area contributed by atoms with Crippen LogP contribution in [0.15, 0.2) is 53.0 Å². The number of aryl methyl sites for hydroxylation is 1. The quantitative estimate of drug-likeness (QED) is 0.782. The van der Waals surface area contributed by atoms with Crippen molar-refractivity contribution in [3.63, 3.8) is 0 Å². The van der Waals surface area contributed by atoms with Gasteiger partial charge < -0.3 is 0 Å². The summed E-state index contributed by atoms with van der Waals surface area (Å²) >= 11 is 3.40. The highest BCUT2D eigenvalue weighted by atomic mass is 79.9. The molecule has 0 bridgehead atoms. The number of hydrogen-bond donors (Lipinski definition) is 0. The normalized spacial score (nSPS) is 15.3. The minimum absolute atomic E-state index is 0.196. The molecule has 1 aliphatic heterocycles. The first-order chi connectivity index (χ1) is 10.2. The molecule has 0 spiro atoms. The number of benzene rings is 2. The lowest BCUT2D eigenvalue weighted by Gasteiger charge is -2.19. The molecule has 0 saturated carbocycles. The summed E-state index contributed by atoms with van der Waals surface area (Å²) in [7, 11) is 0. The molecule has 2 aromatic rings. The van der Waals surface area contributed by atoms with Crippen molar-refractivity contribution in [1.29, 1.82) is 0 Å². The molecule has 3 heteroatoms. The van der Waals surface area contributed by atoms with Gasteiger partial charge in [0.15, 0.2) is 5.78 Å². The lowest BCUT2D eigenvalue weighted by Crippen LogP contribution is -2.29. The first-order valence-corrected chi connectivity index (χ1v) is 8.09. The summed E-state index contributed by atoms with van der Waals surface area (Å²) in [6.07, 6.45) is 2.23. The summed E-state index contributed by atoms with van der Waals surface area (Å²) in [5.74, 6) is 0.196. The van der Waals surface area contributed by atoms with Gasteiger partial charge in [0.1, 0.15) is 0 Å². The summed E-state index contributed by atoms with van der Waals surface area (Å²) in [5, 5.41) is 0. The second-order valence-corrected chi connectivity index (χ2v) is 6.43. The van der Waals surface area contributed by atoms with E-state index in [9.17, 15) is 4.79 Å². The van der Waals surface area contributed by atoms with Gasteiger partial charge in [0.2, 0.25) is 0 Å². The van der Waals surface area contributed by atoms with E-state index >= 15 is 0 Å². The maximum atomic E-state index is 12.4. The van der Waals surface area contributed by atoms with E-state index in [1.165, 1.54) is 11.1 Å². The molecule has 0 aromatic heterocycles. The molecule has 0 amide bonds. The fourth-order valence-corrected chi connectivity index (χ4v) is 3.10. The molecule has 1 aliphatic rings. The number of fused-ring (bicyclic) bond motifs is 1. The van der Waals surface area contributed by atoms with Crippen LogP contribution in [0.25, 0.3) is 0 Å². The Morgan fingerprint density at radius 1 is 1.05 bits per heavy atom. The van der Waals surface area contributed by atoms with Gasteiger partial charge in [-0.2, -0.15) is 0 Å². The predicted octanol–water partition coefficient (Wildman–Crippen LogP) is 4.08. The van der Waals surface area contributed by atoms with Crippen molar-refractivity contribution in [2.75, 3.05) is 13.1 Å². The van der Waals surface area contributed by atoms with Gasteiger partial charge in [0.05, 0.1) is 6.54 Å². The zero-order chi connectivity index (χ0) is 14.7. The molecule has 0 aliphatic carbocycles. The summed E-state index contributed by atoms with van der Waals surface area (Å²) in [5.41, 5.74) is 3.57. The minimum Gasteiger partial charge on any atom is -0.293 e. The Labute approximate surface area is 133 Å². The maximum absolute atomic E-state index is 12.4. The zero-order valence-electron chi connectivity index (χ0n) is 11.9. The Hall–Kier alpha value is -1.45. The van der Waals surface area contributed by atoms with Crippen molar-refractivity contribution in [2.24, 2.45) is 0 Å². The van der Waals surface area contributed by atoms with E-state index in [4.69, 9.17) is 0 Å². The molecule has 108 valence electrons. The van der Waals surface area contributed by atoms with Gasteiger partial charge in [0.25, 0.3) is 0 Å². The number of halogens is 1. The van der Waals surface area contributed by atoms with Crippen molar-refractivity contribution in [1.82, 2.24) is 4.90 Å². The van der Waals surface area contributed by atoms with Gasteiger partial charge in [-0.05, 0) is 42.6 Å². The zero-order valence-corrected chi connectivity index (χ0v) is 13.5. The monoisotopic (exact) mass is 343 g/mol. The summed E-state index contributed by atoms with van der Waals surface area (Å²) in [4.78, 5) is 14.7. The summed E-state index contributed by atoms with van der Waals surface area (Å²) < 4.78 is 1.00. The van der Waals surface area contributed by atoms with E-state index in [0.717, 1.165) is 36.0 Å². The van der Waals surface area contributed by atoms with Crippen LogP contribution in [-0.4, -0.2) is 23.8 Å². The van der Waals surface area contributed by atoms with Crippen LogP contribution >= 0.6 is 15.9 Å². The largest absolute Gasteiger partial charge is 0.293 e.